The van der Waals surface area contributed by atoms with E-state index >= 15 is 0 Å². The van der Waals surface area contributed by atoms with E-state index in [0.717, 1.165) is 22.6 Å². The molecule has 0 spiro atoms. The maximum absolute atomic E-state index is 5.31. The van der Waals surface area contributed by atoms with E-state index in [2.05, 4.69) is 27.6 Å². The van der Waals surface area contributed by atoms with Crippen molar-refractivity contribution in [3.8, 4) is 11.5 Å². The smallest absolute Gasteiger partial charge is 0.161 e. The fraction of sp³-hybridized carbons (Fsp3) is 0.188. The Kier molecular flexibility index (Phi) is 5.00. The van der Waals surface area contributed by atoms with Gasteiger partial charge < -0.3 is 9.47 Å². The monoisotopic (exact) mass is 381 g/mol. The molecule has 0 atom stereocenters. The van der Waals surface area contributed by atoms with Gasteiger partial charge in [0.15, 0.2) is 11.5 Å². The van der Waals surface area contributed by atoms with Gasteiger partial charge in [-0.05, 0) is 77.0 Å². The molecule has 20 heavy (non-hydrogen) atoms. The lowest BCUT2D eigenvalue weighted by Crippen LogP contribution is -1.95. The summed E-state index contributed by atoms with van der Waals surface area (Å²) in [6.45, 7) is 2.03. The summed E-state index contributed by atoms with van der Waals surface area (Å²) in [6.07, 6.45) is 1.85. The lowest BCUT2D eigenvalue weighted by atomic mass is 10.1. The summed E-state index contributed by atoms with van der Waals surface area (Å²) in [5.74, 6) is 1.44. The number of benzene rings is 2. The second-order valence-corrected chi connectivity index (χ2v) is 5.54. The number of halogens is 1. The first-order valence-electron chi connectivity index (χ1n) is 6.16. The Morgan fingerprint density at radius 1 is 1.00 bits per heavy atom. The second-order valence-electron chi connectivity index (χ2n) is 4.30. The van der Waals surface area contributed by atoms with Gasteiger partial charge in [0.2, 0.25) is 0 Å². The van der Waals surface area contributed by atoms with Crippen molar-refractivity contribution in [3.63, 3.8) is 0 Å². The zero-order valence-electron chi connectivity index (χ0n) is 11.7. The molecule has 0 unspecified atom stereocenters. The highest BCUT2D eigenvalue weighted by Crippen LogP contribution is 2.29. The topological polar surface area (TPSA) is 30.8 Å². The van der Waals surface area contributed by atoms with Crippen molar-refractivity contribution < 1.29 is 9.47 Å². The Morgan fingerprint density at radius 3 is 2.20 bits per heavy atom. The quantitative estimate of drug-likeness (QED) is 0.582. The summed E-state index contributed by atoms with van der Waals surface area (Å²) >= 11 is 2.28. The normalized spacial score (nSPS) is 10.8. The number of nitrogens with zero attached hydrogens (tertiary/aromatic N) is 1. The second kappa shape index (κ2) is 6.74. The Bertz CT molecular complexity index is 621. The predicted octanol–water partition coefficient (Wildman–Crippen LogP) is 4.37. The van der Waals surface area contributed by atoms with Gasteiger partial charge in [-0.15, -0.1) is 0 Å². The van der Waals surface area contributed by atoms with Crippen LogP contribution in [0.5, 0.6) is 11.5 Å². The molecule has 0 aromatic heterocycles. The van der Waals surface area contributed by atoms with E-state index in [-0.39, 0.29) is 0 Å². The molecule has 0 aliphatic carbocycles. The van der Waals surface area contributed by atoms with Crippen molar-refractivity contribution in [3.05, 3.63) is 51.1 Å². The van der Waals surface area contributed by atoms with Gasteiger partial charge in [0.05, 0.1) is 19.9 Å². The highest BCUT2D eigenvalue weighted by Gasteiger charge is 2.06. The number of ether oxygens (including phenoxy) is 2. The van der Waals surface area contributed by atoms with Crippen LogP contribution in [0.25, 0.3) is 0 Å². The summed E-state index contributed by atoms with van der Waals surface area (Å²) in [6, 6.07) is 11.9. The standard InChI is InChI=1S/C16H16INO2/c1-11-8-15(19-2)16(20-3)9-12(11)10-18-14-6-4-13(17)5-7-14/h4-10H,1-3H3. The summed E-state index contributed by atoms with van der Waals surface area (Å²) < 4.78 is 11.8. The van der Waals surface area contributed by atoms with Crippen LogP contribution in [0.15, 0.2) is 41.4 Å². The summed E-state index contributed by atoms with van der Waals surface area (Å²) in [7, 11) is 3.27. The third-order valence-electron chi connectivity index (χ3n) is 2.95. The molecule has 0 aliphatic rings. The van der Waals surface area contributed by atoms with Crippen LogP contribution in [-0.2, 0) is 0 Å². The van der Waals surface area contributed by atoms with Crippen molar-refractivity contribution in [2.24, 2.45) is 4.99 Å². The lowest BCUT2D eigenvalue weighted by Gasteiger charge is -2.10. The Labute approximate surface area is 132 Å². The zero-order chi connectivity index (χ0) is 14.5. The Hall–Kier alpha value is -1.56. The minimum Gasteiger partial charge on any atom is -0.493 e. The maximum Gasteiger partial charge on any atom is 0.161 e. The van der Waals surface area contributed by atoms with Crippen molar-refractivity contribution in [2.75, 3.05) is 14.2 Å². The SMILES string of the molecule is COc1cc(C)c(C=Nc2ccc(I)cc2)cc1OC. The van der Waals surface area contributed by atoms with Gasteiger partial charge in [0.25, 0.3) is 0 Å². The lowest BCUT2D eigenvalue weighted by molar-refractivity contribution is 0.354. The molecule has 0 radical (unpaired) electrons. The third kappa shape index (κ3) is 3.50. The van der Waals surface area contributed by atoms with Crippen LogP contribution < -0.4 is 9.47 Å². The number of hydrogen-bond acceptors (Lipinski definition) is 3. The molecule has 0 amide bonds. The number of aryl methyl sites for hydroxylation is 1. The summed E-state index contributed by atoms with van der Waals surface area (Å²) in [4.78, 5) is 4.48. The minimum absolute atomic E-state index is 0.710. The molecule has 2 rings (SSSR count). The minimum atomic E-state index is 0.710. The van der Waals surface area contributed by atoms with E-state index in [4.69, 9.17) is 9.47 Å². The van der Waals surface area contributed by atoms with E-state index in [9.17, 15) is 0 Å². The first kappa shape index (κ1) is 14.8. The number of rotatable bonds is 4. The van der Waals surface area contributed by atoms with Gasteiger partial charge in [-0.1, -0.05) is 0 Å². The third-order valence-corrected chi connectivity index (χ3v) is 3.67. The first-order chi connectivity index (χ1) is 9.63. The average Bonchev–Trinajstić information content (AvgIpc) is 2.47. The van der Waals surface area contributed by atoms with Gasteiger partial charge in [-0.25, -0.2) is 0 Å². The number of hydrogen-bond donors (Lipinski definition) is 0. The van der Waals surface area contributed by atoms with Crippen LogP contribution in [0, 0.1) is 10.5 Å². The van der Waals surface area contributed by atoms with Crippen molar-refractivity contribution in [2.45, 2.75) is 6.92 Å². The van der Waals surface area contributed by atoms with Crippen LogP contribution in [0.2, 0.25) is 0 Å². The highest BCUT2D eigenvalue weighted by atomic mass is 127. The van der Waals surface area contributed by atoms with Crippen LogP contribution in [0.3, 0.4) is 0 Å². The van der Waals surface area contributed by atoms with Crippen molar-refractivity contribution in [1.82, 2.24) is 0 Å². The average molecular weight is 381 g/mol. The summed E-state index contributed by atoms with van der Waals surface area (Å²) in [5.41, 5.74) is 3.04. The molecule has 3 nitrogen and oxygen atoms in total. The van der Waals surface area contributed by atoms with Gasteiger partial charge >= 0.3 is 0 Å². The number of aliphatic imine (C=N–C) groups is 1. The fourth-order valence-corrected chi connectivity index (χ4v) is 2.17. The van der Waals surface area contributed by atoms with Crippen LogP contribution in [0.4, 0.5) is 5.69 Å². The maximum atomic E-state index is 5.31. The van der Waals surface area contributed by atoms with Crippen LogP contribution >= 0.6 is 22.6 Å². The Morgan fingerprint density at radius 2 is 1.60 bits per heavy atom. The molecule has 0 fully saturated rings. The largest absolute Gasteiger partial charge is 0.493 e. The molecule has 2 aromatic rings. The predicted molar refractivity (Wildman–Crippen MR) is 90.7 cm³/mol. The molecule has 0 bridgehead atoms. The van der Waals surface area contributed by atoms with E-state index in [0.29, 0.717) is 5.75 Å². The molecule has 0 saturated carbocycles. The van der Waals surface area contributed by atoms with Gasteiger partial charge in [-0.2, -0.15) is 0 Å². The van der Waals surface area contributed by atoms with Crippen molar-refractivity contribution in [1.29, 1.82) is 0 Å². The molecule has 4 heteroatoms. The molecule has 0 heterocycles. The molecule has 0 saturated heterocycles. The van der Waals surface area contributed by atoms with Crippen LogP contribution in [-0.4, -0.2) is 20.4 Å². The summed E-state index contributed by atoms with van der Waals surface area (Å²) in [5, 5.41) is 0. The highest BCUT2D eigenvalue weighted by molar-refractivity contribution is 14.1. The fourth-order valence-electron chi connectivity index (χ4n) is 1.81. The van der Waals surface area contributed by atoms with E-state index < -0.39 is 0 Å². The molecule has 0 aliphatic heterocycles. The first-order valence-corrected chi connectivity index (χ1v) is 7.24. The van der Waals surface area contributed by atoms with Gasteiger partial charge in [-0.3, -0.25) is 4.99 Å². The van der Waals surface area contributed by atoms with Gasteiger partial charge in [0.1, 0.15) is 0 Å². The Balaban J connectivity index is 2.31. The molecule has 104 valence electrons. The van der Waals surface area contributed by atoms with E-state index in [1.165, 1.54) is 3.57 Å². The van der Waals surface area contributed by atoms with E-state index in [1.807, 2.05) is 49.5 Å². The van der Waals surface area contributed by atoms with Gasteiger partial charge in [0, 0.05) is 9.78 Å². The van der Waals surface area contributed by atoms with Crippen LogP contribution in [0.1, 0.15) is 11.1 Å². The molecular formula is C16H16INO2. The zero-order valence-corrected chi connectivity index (χ0v) is 13.8. The number of methoxy groups -OCH3 is 2. The van der Waals surface area contributed by atoms with E-state index in [1.54, 1.807) is 14.2 Å². The molecule has 2 aromatic carbocycles. The molecule has 0 N–H and O–H groups in total. The molecular weight excluding hydrogens is 365 g/mol. The van der Waals surface area contributed by atoms with Crippen molar-refractivity contribution >= 4 is 34.5 Å².